The lowest BCUT2D eigenvalue weighted by Crippen LogP contribution is -2.26. The Morgan fingerprint density at radius 3 is 2.76 bits per heavy atom. The molecule has 0 spiro atoms. The molecule has 5 heteroatoms. The summed E-state index contributed by atoms with van der Waals surface area (Å²) in [6.07, 6.45) is 5.61. The van der Waals surface area contributed by atoms with E-state index in [-0.39, 0.29) is 11.9 Å². The Bertz CT molecular complexity index is 549. The molecular weight excluding hydrogens is 266 g/mol. The molecule has 2 N–H and O–H groups in total. The molecule has 1 amide bonds. The van der Waals surface area contributed by atoms with Gasteiger partial charge in [-0.25, -0.2) is 0 Å². The van der Waals surface area contributed by atoms with Crippen LogP contribution in [0.15, 0.2) is 36.7 Å². The van der Waals surface area contributed by atoms with Crippen LogP contribution in [0.1, 0.15) is 48.7 Å². The van der Waals surface area contributed by atoms with Crippen LogP contribution in [-0.4, -0.2) is 22.7 Å². The molecule has 1 aromatic heterocycles. The summed E-state index contributed by atoms with van der Waals surface area (Å²) in [5.74, 6) is 0.687. The zero-order valence-electron chi connectivity index (χ0n) is 12.4. The number of aromatic amines is 1. The van der Waals surface area contributed by atoms with Crippen molar-refractivity contribution in [2.45, 2.75) is 32.7 Å². The van der Waals surface area contributed by atoms with E-state index < -0.39 is 0 Å². The first kappa shape index (κ1) is 15.1. The molecule has 0 aliphatic rings. The van der Waals surface area contributed by atoms with Crippen molar-refractivity contribution in [3.8, 4) is 5.75 Å². The second kappa shape index (κ2) is 7.47. The third kappa shape index (κ3) is 4.34. The van der Waals surface area contributed by atoms with E-state index in [9.17, 15) is 4.79 Å². The lowest BCUT2D eigenvalue weighted by molar-refractivity contribution is 0.0940. The number of nitrogens with one attached hydrogen (secondary N) is 2. The van der Waals surface area contributed by atoms with E-state index in [2.05, 4.69) is 22.4 Å². The van der Waals surface area contributed by atoms with Gasteiger partial charge in [0.15, 0.2) is 0 Å². The van der Waals surface area contributed by atoms with Crippen LogP contribution in [0.3, 0.4) is 0 Å². The van der Waals surface area contributed by atoms with Crippen molar-refractivity contribution >= 4 is 5.91 Å². The highest BCUT2D eigenvalue weighted by Crippen LogP contribution is 2.15. The molecule has 0 saturated heterocycles. The van der Waals surface area contributed by atoms with Crippen molar-refractivity contribution in [3.05, 3.63) is 47.8 Å². The highest BCUT2D eigenvalue weighted by atomic mass is 16.5. The van der Waals surface area contributed by atoms with Gasteiger partial charge in [0.25, 0.3) is 5.91 Å². The van der Waals surface area contributed by atoms with E-state index in [1.165, 1.54) is 0 Å². The van der Waals surface area contributed by atoms with Crippen LogP contribution in [0.25, 0.3) is 0 Å². The average Bonchev–Trinajstić information content (AvgIpc) is 3.02. The number of nitrogens with zero attached hydrogens (tertiary/aromatic N) is 1. The highest BCUT2D eigenvalue weighted by molar-refractivity contribution is 5.94. The SMILES string of the molecule is CCCCOc1ccc(C(=O)NC(C)c2cn[nH]c2)cc1. The van der Waals surface area contributed by atoms with Crippen molar-refractivity contribution in [1.82, 2.24) is 15.5 Å². The standard InChI is InChI=1S/C16H21N3O2/c1-3-4-9-21-15-7-5-13(6-8-15)16(20)19-12(2)14-10-17-18-11-14/h5-8,10-12H,3-4,9H2,1-2H3,(H,17,18)(H,19,20). The summed E-state index contributed by atoms with van der Waals surface area (Å²) in [7, 11) is 0. The highest BCUT2D eigenvalue weighted by Gasteiger charge is 2.12. The van der Waals surface area contributed by atoms with Gasteiger partial charge in [0, 0.05) is 17.3 Å². The molecule has 0 bridgehead atoms. The van der Waals surface area contributed by atoms with Gasteiger partial charge in [-0.2, -0.15) is 5.10 Å². The van der Waals surface area contributed by atoms with Crippen molar-refractivity contribution in [1.29, 1.82) is 0 Å². The molecule has 0 aliphatic carbocycles. The zero-order valence-corrected chi connectivity index (χ0v) is 12.4. The van der Waals surface area contributed by atoms with Gasteiger partial charge < -0.3 is 10.1 Å². The van der Waals surface area contributed by atoms with Crippen LogP contribution < -0.4 is 10.1 Å². The Morgan fingerprint density at radius 2 is 2.14 bits per heavy atom. The first-order valence-electron chi connectivity index (χ1n) is 7.23. The number of amides is 1. The molecule has 2 aromatic rings. The topological polar surface area (TPSA) is 67.0 Å². The van der Waals surface area contributed by atoms with Gasteiger partial charge in [-0.1, -0.05) is 13.3 Å². The Balaban J connectivity index is 1.90. The van der Waals surface area contributed by atoms with Crippen LogP contribution in [0.4, 0.5) is 0 Å². The van der Waals surface area contributed by atoms with E-state index in [1.807, 2.05) is 19.1 Å². The van der Waals surface area contributed by atoms with Gasteiger partial charge in [0.05, 0.1) is 18.8 Å². The van der Waals surface area contributed by atoms with E-state index in [4.69, 9.17) is 4.74 Å². The zero-order chi connectivity index (χ0) is 15.1. The van der Waals surface area contributed by atoms with Crippen LogP contribution in [0.2, 0.25) is 0 Å². The van der Waals surface area contributed by atoms with Gasteiger partial charge >= 0.3 is 0 Å². The molecule has 0 radical (unpaired) electrons. The molecule has 0 fully saturated rings. The Labute approximate surface area is 124 Å². The average molecular weight is 287 g/mol. The van der Waals surface area contributed by atoms with Gasteiger partial charge in [-0.05, 0) is 37.6 Å². The Morgan fingerprint density at radius 1 is 1.38 bits per heavy atom. The van der Waals surface area contributed by atoms with Crippen molar-refractivity contribution in [3.63, 3.8) is 0 Å². The third-order valence-electron chi connectivity index (χ3n) is 3.25. The van der Waals surface area contributed by atoms with Crippen molar-refractivity contribution in [2.24, 2.45) is 0 Å². The maximum absolute atomic E-state index is 12.1. The van der Waals surface area contributed by atoms with Gasteiger partial charge in [0.1, 0.15) is 5.75 Å². The summed E-state index contributed by atoms with van der Waals surface area (Å²) in [4.78, 5) is 12.1. The lowest BCUT2D eigenvalue weighted by Gasteiger charge is -2.12. The third-order valence-corrected chi connectivity index (χ3v) is 3.25. The van der Waals surface area contributed by atoms with Gasteiger partial charge in [-0.3, -0.25) is 9.89 Å². The fraction of sp³-hybridized carbons (Fsp3) is 0.375. The number of rotatable bonds is 7. The number of hydrogen-bond donors (Lipinski definition) is 2. The number of H-pyrrole nitrogens is 1. The molecule has 0 saturated carbocycles. The van der Waals surface area contributed by atoms with E-state index in [1.54, 1.807) is 24.5 Å². The summed E-state index contributed by atoms with van der Waals surface area (Å²) in [5.41, 5.74) is 1.57. The summed E-state index contributed by atoms with van der Waals surface area (Å²) >= 11 is 0. The van der Waals surface area contributed by atoms with E-state index >= 15 is 0 Å². The number of aromatic nitrogens is 2. The molecule has 1 unspecified atom stereocenters. The molecule has 2 rings (SSSR count). The molecule has 112 valence electrons. The minimum Gasteiger partial charge on any atom is -0.494 e. The predicted molar refractivity (Wildman–Crippen MR) is 81.3 cm³/mol. The normalized spacial score (nSPS) is 11.9. The largest absolute Gasteiger partial charge is 0.494 e. The molecule has 1 heterocycles. The smallest absolute Gasteiger partial charge is 0.251 e. The molecule has 0 aliphatic heterocycles. The molecule has 1 atom stereocenters. The molecular formula is C16H21N3O2. The molecule has 1 aromatic carbocycles. The van der Waals surface area contributed by atoms with Crippen molar-refractivity contribution < 1.29 is 9.53 Å². The van der Waals surface area contributed by atoms with E-state index in [0.29, 0.717) is 12.2 Å². The number of carbonyl (C=O) groups excluding carboxylic acids is 1. The lowest BCUT2D eigenvalue weighted by atomic mass is 10.1. The summed E-state index contributed by atoms with van der Waals surface area (Å²) in [6.45, 7) is 4.75. The first-order chi connectivity index (χ1) is 10.2. The number of unbranched alkanes of at least 4 members (excludes halogenated alkanes) is 1. The quantitative estimate of drug-likeness (QED) is 0.769. The number of carbonyl (C=O) groups is 1. The number of benzene rings is 1. The predicted octanol–water partition coefficient (Wildman–Crippen LogP) is 3.08. The van der Waals surface area contributed by atoms with Crippen LogP contribution in [-0.2, 0) is 0 Å². The number of ether oxygens (including phenoxy) is 1. The van der Waals surface area contributed by atoms with Crippen LogP contribution in [0, 0.1) is 0 Å². The first-order valence-corrected chi connectivity index (χ1v) is 7.23. The van der Waals surface area contributed by atoms with E-state index in [0.717, 1.165) is 24.2 Å². The second-order valence-corrected chi connectivity index (χ2v) is 4.95. The Kier molecular flexibility index (Phi) is 5.37. The fourth-order valence-electron chi connectivity index (χ4n) is 1.90. The monoisotopic (exact) mass is 287 g/mol. The fourth-order valence-corrected chi connectivity index (χ4v) is 1.90. The Hall–Kier alpha value is -2.30. The van der Waals surface area contributed by atoms with Crippen LogP contribution >= 0.6 is 0 Å². The molecule has 21 heavy (non-hydrogen) atoms. The molecule has 5 nitrogen and oxygen atoms in total. The minimum absolute atomic E-state index is 0.0864. The minimum atomic E-state index is -0.108. The van der Waals surface area contributed by atoms with Crippen molar-refractivity contribution in [2.75, 3.05) is 6.61 Å². The summed E-state index contributed by atoms with van der Waals surface area (Å²) < 4.78 is 5.58. The van der Waals surface area contributed by atoms with Gasteiger partial charge in [0.2, 0.25) is 0 Å². The summed E-state index contributed by atoms with van der Waals surface area (Å²) in [6, 6.07) is 7.12. The maximum Gasteiger partial charge on any atom is 0.251 e. The second-order valence-electron chi connectivity index (χ2n) is 4.95. The number of hydrogen-bond acceptors (Lipinski definition) is 3. The van der Waals surface area contributed by atoms with Gasteiger partial charge in [-0.15, -0.1) is 0 Å². The van der Waals surface area contributed by atoms with Crippen LogP contribution in [0.5, 0.6) is 5.75 Å². The maximum atomic E-state index is 12.1. The summed E-state index contributed by atoms with van der Waals surface area (Å²) in [5, 5.41) is 9.55.